The van der Waals surface area contributed by atoms with Crippen LogP contribution in [-0.4, -0.2) is 51.6 Å². The maximum absolute atomic E-state index is 12.5. The van der Waals surface area contributed by atoms with Crippen molar-refractivity contribution < 1.29 is 9.59 Å². The smallest absolute Gasteiger partial charge is 0.227 e. The summed E-state index contributed by atoms with van der Waals surface area (Å²) in [7, 11) is 1.64. The van der Waals surface area contributed by atoms with Gasteiger partial charge in [0, 0.05) is 39.2 Å². The van der Waals surface area contributed by atoms with Gasteiger partial charge in [-0.15, -0.1) is 0 Å². The van der Waals surface area contributed by atoms with Gasteiger partial charge in [0.05, 0.1) is 18.1 Å². The first-order valence-corrected chi connectivity index (χ1v) is 9.14. The van der Waals surface area contributed by atoms with Gasteiger partial charge in [0.25, 0.3) is 0 Å². The molecule has 1 fully saturated rings. The molecule has 0 unspecified atom stereocenters. The quantitative estimate of drug-likeness (QED) is 0.805. The van der Waals surface area contributed by atoms with Gasteiger partial charge in [0.1, 0.15) is 5.69 Å². The third-order valence-corrected chi connectivity index (χ3v) is 4.83. The molecule has 0 atom stereocenters. The van der Waals surface area contributed by atoms with Crippen molar-refractivity contribution in [2.24, 2.45) is 0 Å². The molecule has 1 aliphatic heterocycles. The van der Waals surface area contributed by atoms with E-state index in [9.17, 15) is 9.59 Å². The Morgan fingerprint density at radius 3 is 2.69 bits per heavy atom. The van der Waals surface area contributed by atoms with Crippen LogP contribution in [0.2, 0.25) is 5.15 Å². The predicted molar refractivity (Wildman–Crippen MR) is 99.4 cm³/mol. The van der Waals surface area contributed by atoms with Crippen LogP contribution in [0.4, 0.5) is 5.69 Å². The Labute approximate surface area is 157 Å². The number of piperidine rings is 1. The van der Waals surface area contributed by atoms with Crippen molar-refractivity contribution in [3.05, 3.63) is 35.9 Å². The third kappa shape index (κ3) is 4.22. The maximum Gasteiger partial charge on any atom is 0.227 e. The predicted octanol–water partition coefficient (Wildman–Crippen LogP) is 2.68. The van der Waals surface area contributed by atoms with Crippen molar-refractivity contribution in [3.63, 3.8) is 0 Å². The van der Waals surface area contributed by atoms with E-state index < -0.39 is 0 Å². The first kappa shape index (κ1) is 18.4. The van der Waals surface area contributed by atoms with Crippen molar-refractivity contribution in [3.8, 4) is 5.69 Å². The zero-order valence-corrected chi connectivity index (χ0v) is 15.5. The average Bonchev–Trinajstić information content (AvgIpc) is 3.08. The highest BCUT2D eigenvalue weighted by Crippen LogP contribution is 2.25. The van der Waals surface area contributed by atoms with Crippen molar-refractivity contribution in [1.82, 2.24) is 19.7 Å². The molecular formula is C18H22ClN5O2. The summed E-state index contributed by atoms with van der Waals surface area (Å²) < 4.78 is 1.58. The molecule has 0 bridgehead atoms. The largest absolute Gasteiger partial charge is 0.343 e. The minimum absolute atomic E-state index is 0.0450. The standard InChI is InChI=1S/C18H22ClN5O2/c1-22(16(25)7-8-17(26)23-10-3-2-4-11-23)15-13-24(21-18(15)19)14-6-5-9-20-12-14/h5-6,9,12-13H,2-4,7-8,10-11H2,1H3. The lowest BCUT2D eigenvalue weighted by molar-refractivity contribution is -0.133. The van der Waals surface area contributed by atoms with E-state index >= 15 is 0 Å². The number of halogens is 1. The minimum Gasteiger partial charge on any atom is -0.343 e. The molecule has 0 radical (unpaired) electrons. The lowest BCUT2D eigenvalue weighted by Gasteiger charge is -2.27. The lowest BCUT2D eigenvalue weighted by Crippen LogP contribution is -2.36. The number of carbonyl (C=O) groups excluding carboxylic acids is 2. The van der Waals surface area contributed by atoms with Crippen LogP contribution < -0.4 is 4.90 Å². The van der Waals surface area contributed by atoms with Gasteiger partial charge < -0.3 is 9.80 Å². The summed E-state index contributed by atoms with van der Waals surface area (Å²) in [6.07, 6.45) is 8.65. The molecular weight excluding hydrogens is 354 g/mol. The van der Waals surface area contributed by atoms with Gasteiger partial charge in [-0.2, -0.15) is 5.10 Å². The van der Waals surface area contributed by atoms with E-state index in [-0.39, 0.29) is 29.8 Å². The van der Waals surface area contributed by atoms with E-state index in [0.29, 0.717) is 5.69 Å². The summed E-state index contributed by atoms with van der Waals surface area (Å²) in [5.41, 5.74) is 1.26. The van der Waals surface area contributed by atoms with Crippen molar-refractivity contribution in [1.29, 1.82) is 0 Å². The SMILES string of the molecule is CN(C(=O)CCC(=O)N1CCCCC1)c1cn(-c2cccnc2)nc1Cl. The highest BCUT2D eigenvalue weighted by atomic mass is 35.5. The number of amides is 2. The summed E-state index contributed by atoms with van der Waals surface area (Å²) in [6, 6.07) is 3.64. The van der Waals surface area contributed by atoms with E-state index in [0.717, 1.165) is 31.6 Å². The zero-order valence-electron chi connectivity index (χ0n) is 14.8. The number of hydrogen-bond acceptors (Lipinski definition) is 4. The van der Waals surface area contributed by atoms with Crippen LogP contribution >= 0.6 is 11.6 Å². The summed E-state index contributed by atoms with van der Waals surface area (Å²) in [6.45, 7) is 1.60. The van der Waals surface area contributed by atoms with Gasteiger partial charge in [-0.3, -0.25) is 14.6 Å². The molecule has 7 nitrogen and oxygen atoms in total. The summed E-state index contributed by atoms with van der Waals surface area (Å²) in [5, 5.41) is 4.45. The number of rotatable bonds is 5. The number of anilines is 1. The second-order valence-electron chi connectivity index (χ2n) is 6.36. The highest BCUT2D eigenvalue weighted by Gasteiger charge is 2.21. The van der Waals surface area contributed by atoms with Gasteiger partial charge in [0.2, 0.25) is 11.8 Å². The monoisotopic (exact) mass is 375 g/mol. The number of carbonyl (C=O) groups is 2. The first-order valence-electron chi connectivity index (χ1n) is 8.76. The number of likely N-dealkylation sites (tertiary alicyclic amines) is 1. The van der Waals surface area contributed by atoms with Crippen LogP contribution in [0.1, 0.15) is 32.1 Å². The third-order valence-electron chi connectivity index (χ3n) is 4.56. The first-order chi connectivity index (χ1) is 12.6. The van der Waals surface area contributed by atoms with E-state index in [4.69, 9.17) is 11.6 Å². The lowest BCUT2D eigenvalue weighted by atomic mass is 10.1. The Morgan fingerprint density at radius 1 is 1.23 bits per heavy atom. The summed E-state index contributed by atoms with van der Waals surface area (Å²) in [4.78, 5) is 32.0. The Kier molecular flexibility index (Phi) is 5.88. The van der Waals surface area contributed by atoms with Crippen LogP contribution in [0, 0.1) is 0 Å². The number of nitrogens with zero attached hydrogens (tertiary/aromatic N) is 5. The fraction of sp³-hybridized carbons (Fsp3) is 0.444. The Bertz CT molecular complexity index is 771. The molecule has 138 valence electrons. The molecule has 8 heteroatoms. The molecule has 0 saturated carbocycles. The Balaban J connectivity index is 1.61. The molecule has 1 saturated heterocycles. The molecule has 2 aromatic heterocycles. The molecule has 2 aromatic rings. The van der Waals surface area contributed by atoms with Gasteiger partial charge in [-0.25, -0.2) is 4.68 Å². The van der Waals surface area contributed by atoms with E-state index in [2.05, 4.69) is 10.1 Å². The van der Waals surface area contributed by atoms with Crippen LogP contribution in [0.5, 0.6) is 0 Å². The summed E-state index contributed by atoms with van der Waals surface area (Å²) in [5.74, 6) is -0.119. The zero-order chi connectivity index (χ0) is 18.5. The van der Waals surface area contributed by atoms with Crippen molar-refractivity contribution in [2.45, 2.75) is 32.1 Å². The van der Waals surface area contributed by atoms with E-state index in [1.807, 2.05) is 11.0 Å². The van der Waals surface area contributed by atoms with Gasteiger partial charge in [-0.05, 0) is 31.4 Å². The Hall–Kier alpha value is -2.41. The second-order valence-corrected chi connectivity index (χ2v) is 6.71. The van der Waals surface area contributed by atoms with Gasteiger partial charge in [0.15, 0.2) is 5.15 Å². The molecule has 0 N–H and O–H groups in total. The molecule has 3 rings (SSSR count). The van der Waals surface area contributed by atoms with Crippen molar-refractivity contribution in [2.75, 3.05) is 25.0 Å². The molecule has 3 heterocycles. The molecule has 0 aliphatic carbocycles. The molecule has 26 heavy (non-hydrogen) atoms. The topological polar surface area (TPSA) is 71.3 Å². The van der Waals surface area contributed by atoms with E-state index in [1.54, 1.807) is 36.4 Å². The Morgan fingerprint density at radius 2 is 2.00 bits per heavy atom. The second kappa shape index (κ2) is 8.31. The minimum atomic E-state index is -0.164. The van der Waals surface area contributed by atoms with Gasteiger partial charge >= 0.3 is 0 Å². The molecule has 0 spiro atoms. The van der Waals surface area contributed by atoms with Crippen LogP contribution in [0.15, 0.2) is 30.7 Å². The normalized spacial score (nSPS) is 14.3. The van der Waals surface area contributed by atoms with Crippen molar-refractivity contribution >= 4 is 29.1 Å². The number of aromatic nitrogens is 3. The van der Waals surface area contributed by atoms with E-state index in [1.165, 1.54) is 11.3 Å². The molecule has 1 aliphatic rings. The average molecular weight is 376 g/mol. The highest BCUT2D eigenvalue weighted by molar-refractivity contribution is 6.32. The van der Waals surface area contributed by atoms with Crippen LogP contribution in [0.25, 0.3) is 5.69 Å². The number of pyridine rings is 1. The summed E-state index contributed by atoms with van der Waals surface area (Å²) >= 11 is 6.20. The fourth-order valence-electron chi connectivity index (χ4n) is 3.01. The van der Waals surface area contributed by atoms with Crippen LogP contribution in [0.3, 0.4) is 0 Å². The van der Waals surface area contributed by atoms with Gasteiger partial charge in [-0.1, -0.05) is 11.6 Å². The fourth-order valence-corrected chi connectivity index (χ4v) is 3.26. The maximum atomic E-state index is 12.5. The molecule has 0 aromatic carbocycles. The molecule has 2 amide bonds. The number of hydrogen-bond donors (Lipinski definition) is 0. The van der Waals surface area contributed by atoms with Crippen LogP contribution in [-0.2, 0) is 9.59 Å².